The minimum atomic E-state index is -0.0552. The van der Waals surface area contributed by atoms with Crippen molar-refractivity contribution in [1.82, 2.24) is 4.90 Å². The molecule has 1 atom stereocenters. The van der Waals surface area contributed by atoms with Gasteiger partial charge in [0.15, 0.2) is 0 Å². The average molecular weight is 275 g/mol. The zero-order valence-corrected chi connectivity index (χ0v) is 12.2. The van der Waals surface area contributed by atoms with Gasteiger partial charge >= 0.3 is 0 Å². The van der Waals surface area contributed by atoms with Crippen molar-refractivity contribution in [3.8, 4) is 11.8 Å². The number of carbonyl (C=O) groups is 1. The lowest BCUT2D eigenvalue weighted by Crippen LogP contribution is -2.37. The topological polar surface area (TPSA) is 49.8 Å². The maximum atomic E-state index is 12.3. The highest BCUT2D eigenvalue weighted by Gasteiger charge is 2.17. The van der Waals surface area contributed by atoms with E-state index in [1.54, 1.807) is 31.2 Å². The standard InChI is InChI=1S/C16H21NO3/c1-13(12-20-3)17(2)16(19)15-9-6-8-14(11-15)7-4-5-10-18/h6,8-9,11,13,18H,5,10,12H2,1-3H3. The number of aliphatic hydroxyl groups excluding tert-OH is 1. The molecule has 0 spiro atoms. The molecule has 0 aliphatic rings. The number of ether oxygens (including phenoxy) is 1. The van der Waals surface area contributed by atoms with E-state index in [4.69, 9.17) is 9.84 Å². The number of hydrogen-bond donors (Lipinski definition) is 1. The molecule has 0 aliphatic heterocycles. The van der Waals surface area contributed by atoms with Crippen molar-refractivity contribution in [3.05, 3.63) is 35.4 Å². The molecule has 1 aromatic carbocycles. The summed E-state index contributed by atoms with van der Waals surface area (Å²) in [5.74, 6) is 5.72. The van der Waals surface area contributed by atoms with Gasteiger partial charge in [0.05, 0.1) is 19.3 Å². The van der Waals surface area contributed by atoms with Crippen molar-refractivity contribution in [2.24, 2.45) is 0 Å². The summed E-state index contributed by atoms with van der Waals surface area (Å²) in [6.07, 6.45) is 0.433. The Bertz CT molecular complexity index is 502. The summed E-state index contributed by atoms with van der Waals surface area (Å²) in [7, 11) is 3.38. The Morgan fingerprint density at radius 2 is 2.25 bits per heavy atom. The summed E-state index contributed by atoms with van der Waals surface area (Å²) in [4.78, 5) is 14.0. The smallest absolute Gasteiger partial charge is 0.253 e. The number of likely N-dealkylation sites (N-methyl/N-ethyl adjacent to an activating group) is 1. The van der Waals surface area contributed by atoms with Crippen LogP contribution >= 0.6 is 0 Å². The van der Waals surface area contributed by atoms with Crippen LogP contribution in [0.1, 0.15) is 29.3 Å². The Morgan fingerprint density at radius 3 is 2.90 bits per heavy atom. The largest absolute Gasteiger partial charge is 0.395 e. The third kappa shape index (κ3) is 4.69. The molecule has 0 bridgehead atoms. The van der Waals surface area contributed by atoms with Gasteiger partial charge < -0.3 is 14.7 Å². The van der Waals surface area contributed by atoms with Crippen LogP contribution in [0.25, 0.3) is 0 Å². The molecule has 0 heterocycles. The molecule has 1 unspecified atom stereocenters. The summed E-state index contributed by atoms with van der Waals surface area (Å²) in [6, 6.07) is 7.21. The molecule has 0 fully saturated rings. The number of hydrogen-bond acceptors (Lipinski definition) is 3. The maximum absolute atomic E-state index is 12.3. The minimum absolute atomic E-state index is 0.0108. The van der Waals surface area contributed by atoms with E-state index in [-0.39, 0.29) is 18.6 Å². The number of benzene rings is 1. The van der Waals surface area contributed by atoms with Gasteiger partial charge in [-0.1, -0.05) is 17.9 Å². The molecule has 4 nitrogen and oxygen atoms in total. The Balaban J connectivity index is 2.84. The fourth-order valence-corrected chi connectivity index (χ4v) is 1.71. The number of rotatable bonds is 5. The highest BCUT2D eigenvalue weighted by atomic mass is 16.5. The second kappa shape index (κ2) is 8.36. The molecular weight excluding hydrogens is 254 g/mol. The molecule has 20 heavy (non-hydrogen) atoms. The highest BCUT2D eigenvalue weighted by molar-refractivity contribution is 5.94. The monoisotopic (exact) mass is 275 g/mol. The summed E-state index contributed by atoms with van der Waals surface area (Å²) in [5.41, 5.74) is 1.38. The lowest BCUT2D eigenvalue weighted by atomic mass is 10.1. The van der Waals surface area contributed by atoms with E-state index in [0.717, 1.165) is 5.56 Å². The molecule has 4 heteroatoms. The molecular formula is C16H21NO3. The Hall–Kier alpha value is -1.83. The minimum Gasteiger partial charge on any atom is -0.395 e. The molecule has 0 saturated heterocycles. The average Bonchev–Trinajstić information content (AvgIpc) is 2.46. The predicted molar refractivity (Wildman–Crippen MR) is 78.5 cm³/mol. The van der Waals surface area contributed by atoms with Crippen LogP contribution in [-0.2, 0) is 4.74 Å². The van der Waals surface area contributed by atoms with Crippen molar-refractivity contribution >= 4 is 5.91 Å². The molecule has 1 rings (SSSR count). The van der Waals surface area contributed by atoms with Crippen molar-refractivity contribution in [1.29, 1.82) is 0 Å². The van der Waals surface area contributed by atoms with E-state index < -0.39 is 0 Å². The molecule has 1 amide bonds. The van der Waals surface area contributed by atoms with Crippen LogP contribution in [0.3, 0.4) is 0 Å². The van der Waals surface area contributed by atoms with Crippen LogP contribution in [-0.4, -0.2) is 49.3 Å². The molecule has 1 aromatic rings. The number of amides is 1. The van der Waals surface area contributed by atoms with Crippen molar-refractivity contribution in [2.45, 2.75) is 19.4 Å². The number of aliphatic hydroxyl groups is 1. The first kappa shape index (κ1) is 16.2. The van der Waals surface area contributed by atoms with Crippen molar-refractivity contribution in [2.75, 3.05) is 27.4 Å². The van der Waals surface area contributed by atoms with Crippen molar-refractivity contribution in [3.63, 3.8) is 0 Å². The van der Waals surface area contributed by atoms with Crippen LogP contribution in [0.2, 0.25) is 0 Å². The summed E-state index contributed by atoms with van der Waals surface area (Å²) >= 11 is 0. The Labute approximate surface area is 120 Å². The third-order valence-electron chi connectivity index (χ3n) is 2.97. The molecule has 0 saturated carbocycles. The van der Waals surface area contributed by atoms with Gasteiger partial charge in [-0.2, -0.15) is 0 Å². The van der Waals surface area contributed by atoms with Gasteiger partial charge in [0.2, 0.25) is 0 Å². The first-order valence-electron chi connectivity index (χ1n) is 6.56. The van der Waals surface area contributed by atoms with Gasteiger partial charge in [0.1, 0.15) is 0 Å². The SMILES string of the molecule is COCC(C)N(C)C(=O)c1cccc(C#CCCO)c1. The summed E-state index contributed by atoms with van der Waals surface area (Å²) in [5, 5.41) is 8.70. The molecule has 1 N–H and O–H groups in total. The van der Waals surface area contributed by atoms with E-state index in [1.165, 1.54) is 0 Å². The first-order valence-corrected chi connectivity index (χ1v) is 6.56. The second-order valence-electron chi connectivity index (χ2n) is 4.58. The third-order valence-corrected chi connectivity index (χ3v) is 2.97. The van der Waals surface area contributed by atoms with Gasteiger partial charge in [0.25, 0.3) is 5.91 Å². The number of nitrogens with zero attached hydrogens (tertiary/aromatic N) is 1. The van der Waals surface area contributed by atoms with E-state index >= 15 is 0 Å². The van der Waals surface area contributed by atoms with Gasteiger partial charge in [-0.3, -0.25) is 4.79 Å². The van der Waals surface area contributed by atoms with Gasteiger partial charge in [0, 0.05) is 31.7 Å². The lowest BCUT2D eigenvalue weighted by Gasteiger charge is -2.24. The molecule has 0 aliphatic carbocycles. The first-order chi connectivity index (χ1) is 9.60. The molecule has 0 radical (unpaired) electrons. The quantitative estimate of drug-likeness (QED) is 0.829. The van der Waals surface area contributed by atoms with Crippen LogP contribution in [0.4, 0.5) is 0 Å². The van der Waals surface area contributed by atoms with Crippen LogP contribution in [0, 0.1) is 11.8 Å². The lowest BCUT2D eigenvalue weighted by molar-refractivity contribution is 0.0633. The maximum Gasteiger partial charge on any atom is 0.253 e. The Morgan fingerprint density at radius 1 is 1.50 bits per heavy atom. The van der Waals surface area contributed by atoms with Crippen molar-refractivity contribution < 1.29 is 14.6 Å². The van der Waals surface area contributed by atoms with Gasteiger partial charge in [-0.15, -0.1) is 0 Å². The molecule has 0 aromatic heterocycles. The zero-order chi connectivity index (χ0) is 15.0. The van der Waals surface area contributed by atoms with E-state index in [9.17, 15) is 4.79 Å². The van der Waals surface area contributed by atoms with E-state index in [1.807, 2.05) is 19.1 Å². The normalized spacial score (nSPS) is 11.4. The second-order valence-corrected chi connectivity index (χ2v) is 4.58. The fourth-order valence-electron chi connectivity index (χ4n) is 1.71. The van der Waals surface area contributed by atoms with E-state index in [2.05, 4.69) is 11.8 Å². The highest BCUT2D eigenvalue weighted by Crippen LogP contribution is 2.09. The fraction of sp³-hybridized carbons (Fsp3) is 0.438. The zero-order valence-electron chi connectivity index (χ0n) is 12.2. The van der Waals surface area contributed by atoms with Gasteiger partial charge in [-0.05, 0) is 25.1 Å². The number of carbonyl (C=O) groups excluding carboxylic acids is 1. The number of methoxy groups -OCH3 is 1. The van der Waals surface area contributed by atoms with Crippen LogP contribution in [0.5, 0.6) is 0 Å². The predicted octanol–water partition coefficient (Wildman–Crippen LogP) is 1.53. The Kier molecular flexibility index (Phi) is 6.78. The van der Waals surface area contributed by atoms with Gasteiger partial charge in [-0.25, -0.2) is 0 Å². The summed E-state index contributed by atoms with van der Waals surface area (Å²) < 4.78 is 5.06. The summed E-state index contributed by atoms with van der Waals surface area (Å²) in [6.45, 7) is 2.48. The molecule has 108 valence electrons. The van der Waals surface area contributed by atoms with E-state index in [0.29, 0.717) is 18.6 Å². The van der Waals surface area contributed by atoms with Crippen LogP contribution < -0.4 is 0 Å². The van der Waals surface area contributed by atoms with Crippen LogP contribution in [0.15, 0.2) is 24.3 Å².